The number of fused-ring (bicyclic) bond motifs is 1. The van der Waals surface area contributed by atoms with Gasteiger partial charge in [-0.05, 0) is 32.4 Å². The fourth-order valence-corrected chi connectivity index (χ4v) is 3.45. The van der Waals surface area contributed by atoms with E-state index in [1.165, 1.54) is 12.5 Å². The number of carbonyl (C=O) groups is 1. The molecule has 2 fully saturated rings. The zero-order valence-corrected chi connectivity index (χ0v) is 12.7. The second-order valence-electron chi connectivity index (χ2n) is 5.47. The van der Waals surface area contributed by atoms with E-state index < -0.39 is 0 Å². The molecule has 2 aliphatic heterocycles. The number of nitrogens with zero attached hydrogens (tertiary/aromatic N) is 4. The van der Waals surface area contributed by atoms with E-state index in [0.717, 1.165) is 26.1 Å². The van der Waals surface area contributed by atoms with Gasteiger partial charge in [0.2, 0.25) is 0 Å². The largest absolute Gasteiger partial charge is 0.333 e. The summed E-state index contributed by atoms with van der Waals surface area (Å²) in [5.74, 6) is -0.106. The van der Waals surface area contributed by atoms with Gasteiger partial charge in [0.15, 0.2) is 10.3 Å². The van der Waals surface area contributed by atoms with E-state index in [0.29, 0.717) is 11.6 Å². The molecule has 3 heterocycles. The Morgan fingerprint density at radius 3 is 2.95 bits per heavy atom. The van der Waals surface area contributed by atoms with Gasteiger partial charge in [0.25, 0.3) is 5.91 Å². The van der Waals surface area contributed by atoms with Crippen molar-refractivity contribution >= 4 is 29.1 Å². The predicted molar refractivity (Wildman–Crippen MR) is 77.1 cm³/mol. The van der Waals surface area contributed by atoms with Crippen molar-refractivity contribution in [1.29, 1.82) is 0 Å². The van der Waals surface area contributed by atoms with Gasteiger partial charge < -0.3 is 4.90 Å². The third-order valence-electron chi connectivity index (χ3n) is 4.15. The highest BCUT2D eigenvalue weighted by Crippen LogP contribution is 2.27. The molecular formula is C13H16Cl2N4O. The summed E-state index contributed by atoms with van der Waals surface area (Å²) in [4.78, 5) is 17.0. The first-order chi connectivity index (χ1) is 9.56. The van der Waals surface area contributed by atoms with Crippen LogP contribution in [0.1, 0.15) is 30.1 Å². The van der Waals surface area contributed by atoms with Crippen LogP contribution < -0.4 is 0 Å². The Balaban J connectivity index is 1.84. The summed E-state index contributed by atoms with van der Waals surface area (Å²) >= 11 is 11.8. The Morgan fingerprint density at radius 2 is 2.15 bits per heavy atom. The summed E-state index contributed by atoms with van der Waals surface area (Å²) in [6, 6.07) is 2.13. The summed E-state index contributed by atoms with van der Waals surface area (Å²) in [5, 5.41) is 7.65. The molecule has 2 unspecified atom stereocenters. The Hall–Kier alpha value is -0.910. The van der Waals surface area contributed by atoms with E-state index >= 15 is 0 Å². The Bertz CT molecular complexity index is 539. The maximum Gasteiger partial charge on any atom is 0.257 e. The number of hydrogen-bond acceptors (Lipinski definition) is 4. The molecule has 0 aliphatic carbocycles. The van der Waals surface area contributed by atoms with Gasteiger partial charge in [0, 0.05) is 25.2 Å². The number of carbonyl (C=O) groups excluding carboxylic acids is 1. The van der Waals surface area contributed by atoms with E-state index in [-0.39, 0.29) is 22.3 Å². The summed E-state index contributed by atoms with van der Waals surface area (Å²) < 4.78 is 0. The first-order valence-corrected chi connectivity index (χ1v) is 7.55. The molecule has 1 aromatic rings. The number of aromatic nitrogens is 2. The number of piperazine rings is 1. The van der Waals surface area contributed by atoms with Crippen LogP contribution >= 0.6 is 23.2 Å². The van der Waals surface area contributed by atoms with Crippen LogP contribution in [0.25, 0.3) is 0 Å². The lowest BCUT2D eigenvalue weighted by Crippen LogP contribution is -2.56. The lowest BCUT2D eigenvalue weighted by atomic mass is 10.1. The molecule has 2 atom stereocenters. The van der Waals surface area contributed by atoms with E-state index in [1.807, 2.05) is 4.90 Å². The van der Waals surface area contributed by atoms with Gasteiger partial charge in [-0.25, -0.2) is 0 Å². The molecule has 0 spiro atoms. The standard InChI is InChI=1S/C13H16Cl2N4O/c1-8-6-18-4-2-3-9(18)7-19(8)13(20)10-5-11(14)16-17-12(10)15/h5,8-9H,2-4,6-7H2,1H3. The monoisotopic (exact) mass is 314 g/mol. The van der Waals surface area contributed by atoms with Crippen molar-refractivity contribution in [2.45, 2.75) is 31.8 Å². The molecule has 2 aliphatic rings. The second-order valence-corrected chi connectivity index (χ2v) is 6.21. The molecule has 1 amide bonds. The molecule has 0 radical (unpaired) electrons. The Morgan fingerprint density at radius 1 is 1.35 bits per heavy atom. The molecule has 0 saturated carbocycles. The number of halogens is 2. The fourth-order valence-electron chi connectivity index (χ4n) is 3.13. The van der Waals surface area contributed by atoms with Crippen LogP contribution in [0, 0.1) is 0 Å². The zero-order valence-electron chi connectivity index (χ0n) is 11.2. The fraction of sp³-hybridized carbons (Fsp3) is 0.615. The van der Waals surface area contributed by atoms with Crippen LogP contribution in [0.2, 0.25) is 10.3 Å². The molecule has 0 bridgehead atoms. The summed E-state index contributed by atoms with van der Waals surface area (Å²) in [5.41, 5.74) is 0.338. The summed E-state index contributed by atoms with van der Waals surface area (Å²) in [6.07, 6.45) is 2.36. The van der Waals surface area contributed by atoms with E-state index in [9.17, 15) is 4.79 Å². The van der Waals surface area contributed by atoms with Crippen LogP contribution in [-0.4, -0.2) is 57.6 Å². The second kappa shape index (κ2) is 5.47. The predicted octanol–water partition coefficient (Wildman–Crippen LogP) is 2.09. The third-order valence-corrected chi connectivity index (χ3v) is 4.61. The SMILES string of the molecule is CC1CN2CCCC2CN1C(=O)c1cc(Cl)nnc1Cl. The molecule has 5 nitrogen and oxygen atoms in total. The molecule has 0 N–H and O–H groups in total. The van der Waals surface area contributed by atoms with E-state index in [2.05, 4.69) is 22.0 Å². The summed E-state index contributed by atoms with van der Waals surface area (Å²) in [6.45, 7) is 4.87. The highest BCUT2D eigenvalue weighted by atomic mass is 35.5. The van der Waals surface area contributed by atoms with E-state index in [4.69, 9.17) is 23.2 Å². The average Bonchev–Trinajstić information content (AvgIpc) is 2.87. The molecule has 108 valence electrons. The zero-order chi connectivity index (χ0) is 14.3. The van der Waals surface area contributed by atoms with Crippen molar-refractivity contribution in [3.05, 3.63) is 21.9 Å². The third kappa shape index (κ3) is 2.50. The highest BCUT2D eigenvalue weighted by Gasteiger charge is 2.37. The van der Waals surface area contributed by atoms with Crippen molar-refractivity contribution in [3.63, 3.8) is 0 Å². The molecule has 2 saturated heterocycles. The Kier molecular flexibility index (Phi) is 3.84. The van der Waals surface area contributed by atoms with Gasteiger partial charge in [-0.3, -0.25) is 9.69 Å². The van der Waals surface area contributed by atoms with Gasteiger partial charge in [0.05, 0.1) is 5.56 Å². The van der Waals surface area contributed by atoms with Crippen molar-refractivity contribution in [2.24, 2.45) is 0 Å². The van der Waals surface area contributed by atoms with Crippen LogP contribution in [-0.2, 0) is 0 Å². The average molecular weight is 315 g/mol. The lowest BCUT2D eigenvalue weighted by molar-refractivity contribution is 0.0395. The number of rotatable bonds is 1. The minimum Gasteiger partial charge on any atom is -0.333 e. The number of hydrogen-bond donors (Lipinski definition) is 0. The minimum atomic E-state index is -0.106. The maximum absolute atomic E-state index is 12.7. The van der Waals surface area contributed by atoms with Crippen LogP contribution in [0.4, 0.5) is 0 Å². The van der Waals surface area contributed by atoms with Crippen molar-refractivity contribution in [1.82, 2.24) is 20.0 Å². The Labute approximate surface area is 127 Å². The van der Waals surface area contributed by atoms with E-state index in [1.54, 1.807) is 0 Å². The normalized spacial score (nSPS) is 26.6. The van der Waals surface area contributed by atoms with Crippen LogP contribution in [0.5, 0.6) is 0 Å². The van der Waals surface area contributed by atoms with Gasteiger partial charge in [0.1, 0.15) is 0 Å². The van der Waals surface area contributed by atoms with Crippen molar-refractivity contribution in [3.8, 4) is 0 Å². The van der Waals surface area contributed by atoms with Crippen molar-refractivity contribution < 1.29 is 4.79 Å². The van der Waals surface area contributed by atoms with Gasteiger partial charge >= 0.3 is 0 Å². The topological polar surface area (TPSA) is 49.3 Å². The highest BCUT2D eigenvalue weighted by molar-refractivity contribution is 6.34. The molecule has 20 heavy (non-hydrogen) atoms. The minimum absolute atomic E-state index is 0.106. The first kappa shape index (κ1) is 14.0. The maximum atomic E-state index is 12.7. The quantitative estimate of drug-likeness (QED) is 0.796. The molecule has 7 heteroatoms. The summed E-state index contributed by atoms with van der Waals surface area (Å²) in [7, 11) is 0. The van der Waals surface area contributed by atoms with Gasteiger partial charge in [-0.1, -0.05) is 23.2 Å². The molecular weight excluding hydrogens is 299 g/mol. The van der Waals surface area contributed by atoms with Gasteiger partial charge in [-0.15, -0.1) is 10.2 Å². The molecule has 3 rings (SSSR count). The lowest BCUT2D eigenvalue weighted by Gasteiger charge is -2.42. The first-order valence-electron chi connectivity index (χ1n) is 6.80. The van der Waals surface area contributed by atoms with Gasteiger partial charge in [-0.2, -0.15) is 0 Å². The number of amides is 1. The van der Waals surface area contributed by atoms with Crippen molar-refractivity contribution in [2.75, 3.05) is 19.6 Å². The molecule has 0 aromatic carbocycles. The van der Waals surface area contributed by atoms with Crippen LogP contribution in [0.15, 0.2) is 6.07 Å². The smallest absolute Gasteiger partial charge is 0.257 e. The molecule has 1 aromatic heterocycles. The van der Waals surface area contributed by atoms with Crippen LogP contribution in [0.3, 0.4) is 0 Å².